The number of nitrogens with zero attached hydrogens (tertiary/aromatic N) is 3. The fourth-order valence-electron chi connectivity index (χ4n) is 3.67. The van der Waals surface area contributed by atoms with Gasteiger partial charge in [0.2, 0.25) is 11.8 Å². The second kappa shape index (κ2) is 8.54. The van der Waals surface area contributed by atoms with Crippen LogP contribution in [0.1, 0.15) is 12.0 Å². The van der Waals surface area contributed by atoms with E-state index in [1.807, 2.05) is 0 Å². The molecule has 2 aliphatic heterocycles. The van der Waals surface area contributed by atoms with Crippen molar-refractivity contribution in [2.45, 2.75) is 12.6 Å². The van der Waals surface area contributed by atoms with Crippen LogP contribution in [0.25, 0.3) is 0 Å². The molecule has 164 valence electrons. The van der Waals surface area contributed by atoms with Crippen LogP contribution >= 0.6 is 0 Å². The Kier molecular flexibility index (Phi) is 5.81. The van der Waals surface area contributed by atoms with Crippen molar-refractivity contribution < 1.29 is 27.5 Å². The van der Waals surface area contributed by atoms with Gasteiger partial charge in [-0.1, -0.05) is 6.07 Å². The molecule has 2 amide bonds. The van der Waals surface area contributed by atoms with Gasteiger partial charge in [0.15, 0.2) is 0 Å². The fraction of sp³-hybridized carbons (Fsp3) is 0.381. The van der Waals surface area contributed by atoms with Crippen molar-refractivity contribution in [1.82, 2.24) is 4.98 Å². The lowest BCUT2D eigenvalue weighted by Gasteiger charge is -2.27. The Morgan fingerprint density at radius 2 is 1.94 bits per heavy atom. The first-order valence-corrected chi connectivity index (χ1v) is 9.88. The van der Waals surface area contributed by atoms with Gasteiger partial charge in [0.25, 0.3) is 0 Å². The second-order valence-corrected chi connectivity index (χ2v) is 7.45. The van der Waals surface area contributed by atoms with Gasteiger partial charge in [-0.15, -0.1) is 0 Å². The van der Waals surface area contributed by atoms with Crippen LogP contribution in [0.15, 0.2) is 42.6 Å². The van der Waals surface area contributed by atoms with E-state index in [9.17, 15) is 22.8 Å². The standard InChI is InChI=1S/C21H21F3N4O3/c22-21(23,24)15-2-1-3-17(11-15)28-13-14(10-19(28)29)20(30)26-16-4-5-18(25-12-16)27-6-8-31-9-7-27/h1-5,11-12,14H,6-10,13H2,(H,26,30)/t14-/m1/s1. The summed E-state index contributed by atoms with van der Waals surface area (Å²) in [5.41, 5.74) is -0.212. The number of hydrogen-bond donors (Lipinski definition) is 1. The van der Waals surface area contributed by atoms with Crippen molar-refractivity contribution in [1.29, 1.82) is 0 Å². The Morgan fingerprint density at radius 1 is 1.16 bits per heavy atom. The van der Waals surface area contributed by atoms with E-state index >= 15 is 0 Å². The highest BCUT2D eigenvalue weighted by Crippen LogP contribution is 2.33. The molecule has 7 nitrogen and oxygen atoms in total. The highest BCUT2D eigenvalue weighted by Gasteiger charge is 2.37. The summed E-state index contributed by atoms with van der Waals surface area (Å²) in [6.07, 6.45) is -3.03. The quantitative estimate of drug-likeness (QED) is 0.801. The lowest BCUT2D eigenvalue weighted by molar-refractivity contribution is -0.137. The van der Waals surface area contributed by atoms with Crippen LogP contribution in [-0.2, 0) is 20.5 Å². The van der Waals surface area contributed by atoms with Crippen molar-refractivity contribution in [3.05, 3.63) is 48.2 Å². The van der Waals surface area contributed by atoms with Crippen molar-refractivity contribution in [2.24, 2.45) is 5.92 Å². The second-order valence-electron chi connectivity index (χ2n) is 7.45. The summed E-state index contributed by atoms with van der Waals surface area (Å²) in [7, 11) is 0. The predicted molar refractivity (Wildman–Crippen MR) is 108 cm³/mol. The molecule has 0 spiro atoms. The molecule has 2 aliphatic rings. The van der Waals surface area contributed by atoms with Crippen molar-refractivity contribution >= 4 is 29.0 Å². The Labute approximate surface area is 176 Å². The topological polar surface area (TPSA) is 74.8 Å². The molecule has 3 heterocycles. The van der Waals surface area contributed by atoms with E-state index < -0.39 is 17.7 Å². The highest BCUT2D eigenvalue weighted by molar-refractivity contribution is 6.03. The Morgan fingerprint density at radius 3 is 2.61 bits per heavy atom. The highest BCUT2D eigenvalue weighted by atomic mass is 19.4. The maximum Gasteiger partial charge on any atom is 0.416 e. The Balaban J connectivity index is 1.39. The number of anilines is 3. The Hall–Kier alpha value is -3.14. The molecule has 0 aliphatic carbocycles. The summed E-state index contributed by atoms with van der Waals surface area (Å²) in [6.45, 7) is 2.78. The molecule has 0 bridgehead atoms. The third kappa shape index (κ3) is 4.79. The predicted octanol–water partition coefficient (Wildman–Crippen LogP) is 2.93. The van der Waals surface area contributed by atoms with E-state index in [-0.39, 0.29) is 30.5 Å². The smallest absolute Gasteiger partial charge is 0.378 e. The number of nitrogens with one attached hydrogen (secondary N) is 1. The molecule has 1 aromatic heterocycles. The van der Waals surface area contributed by atoms with Gasteiger partial charge >= 0.3 is 6.18 Å². The van der Waals surface area contributed by atoms with Gasteiger partial charge in [0, 0.05) is 31.7 Å². The first-order chi connectivity index (χ1) is 14.8. The number of hydrogen-bond acceptors (Lipinski definition) is 5. The molecule has 2 saturated heterocycles. The minimum absolute atomic E-state index is 0.0191. The number of aromatic nitrogens is 1. The molecular weight excluding hydrogens is 413 g/mol. The summed E-state index contributed by atoms with van der Waals surface area (Å²) in [6, 6.07) is 8.09. The number of carbonyl (C=O) groups excluding carboxylic acids is 2. The summed E-state index contributed by atoms with van der Waals surface area (Å²) in [4.78, 5) is 32.7. The number of ether oxygens (including phenoxy) is 1. The molecule has 0 unspecified atom stereocenters. The average molecular weight is 434 g/mol. The van der Waals surface area contributed by atoms with E-state index in [0.717, 1.165) is 31.0 Å². The zero-order valence-corrected chi connectivity index (χ0v) is 16.6. The average Bonchev–Trinajstić information content (AvgIpc) is 3.16. The molecule has 2 aromatic rings. The zero-order chi connectivity index (χ0) is 22.0. The SMILES string of the molecule is O=C(Nc1ccc(N2CCOCC2)nc1)[C@@H]1CC(=O)N(c2cccc(C(F)(F)F)c2)C1. The summed E-state index contributed by atoms with van der Waals surface area (Å²) >= 11 is 0. The number of benzene rings is 1. The van der Waals surface area contributed by atoms with Crippen LogP contribution in [0, 0.1) is 5.92 Å². The number of rotatable bonds is 4. The van der Waals surface area contributed by atoms with Gasteiger partial charge in [0.1, 0.15) is 5.82 Å². The van der Waals surface area contributed by atoms with E-state index in [1.54, 1.807) is 18.3 Å². The van der Waals surface area contributed by atoms with Crippen molar-refractivity contribution in [2.75, 3.05) is 48.0 Å². The maximum absolute atomic E-state index is 13.0. The van der Waals surface area contributed by atoms with Gasteiger partial charge in [-0.25, -0.2) is 4.98 Å². The number of morpholine rings is 1. The van der Waals surface area contributed by atoms with Crippen LogP contribution in [0.5, 0.6) is 0 Å². The van der Waals surface area contributed by atoms with Crippen LogP contribution in [0.2, 0.25) is 0 Å². The summed E-state index contributed by atoms with van der Waals surface area (Å²) in [5, 5.41) is 2.74. The molecular formula is C21H21F3N4O3. The lowest BCUT2D eigenvalue weighted by atomic mass is 10.1. The summed E-state index contributed by atoms with van der Waals surface area (Å²) in [5.74, 6) is -0.641. The maximum atomic E-state index is 13.0. The molecule has 0 radical (unpaired) electrons. The number of alkyl halides is 3. The fourth-order valence-corrected chi connectivity index (χ4v) is 3.67. The molecule has 0 saturated carbocycles. The molecule has 10 heteroatoms. The van der Waals surface area contributed by atoms with Gasteiger partial charge in [-0.2, -0.15) is 13.2 Å². The van der Waals surface area contributed by atoms with Gasteiger partial charge in [0.05, 0.1) is 36.6 Å². The molecule has 2 fully saturated rings. The first kappa shape index (κ1) is 21.1. The summed E-state index contributed by atoms with van der Waals surface area (Å²) < 4.78 is 44.2. The largest absolute Gasteiger partial charge is 0.416 e. The van der Waals surface area contributed by atoms with E-state index in [4.69, 9.17) is 4.74 Å². The van der Waals surface area contributed by atoms with Crippen molar-refractivity contribution in [3.63, 3.8) is 0 Å². The van der Waals surface area contributed by atoms with Crippen molar-refractivity contribution in [3.8, 4) is 0 Å². The number of pyridine rings is 1. The van der Waals surface area contributed by atoms with Gasteiger partial charge in [-0.05, 0) is 30.3 Å². The molecule has 1 aromatic carbocycles. The molecule has 31 heavy (non-hydrogen) atoms. The monoisotopic (exact) mass is 434 g/mol. The minimum atomic E-state index is -4.50. The number of amides is 2. The van der Waals surface area contributed by atoms with E-state index in [2.05, 4.69) is 15.2 Å². The van der Waals surface area contributed by atoms with E-state index in [1.165, 1.54) is 17.0 Å². The Bertz CT molecular complexity index is 959. The van der Waals surface area contributed by atoms with Crippen LogP contribution in [0.4, 0.5) is 30.4 Å². The third-order valence-corrected chi connectivity index (χ3v) is 5.33. The molecule has 4 rings (SSSR count). The molecule has 1 atom stereocenters. The van der Waals surface area contributed by atoms with Gasteiger partial charge in [-0.3, -0.25) is 9.59 Å². The minimum Gasteiger partial charge on any atom is -0.378 e. The third-order valence-electron chi connectivity index (χ3n) is 5.33. The van der Waals surface area contributed by atoms with Gasteiger partial charge < -0.3 is 19.9 Å². The van der Waals surface area contributed by atoms with Crippen LogP contribution in [0.3, 0.4) is 0 Å². The van der Waals surface area contributed by atoms with Crippen LogP contribution in [-0.4, -0.2) is 49.6 Å². The lowest BCUT2D eigenvalue weighted by Crippen LogP contribution is -2.36. The van der Waals surface area contributed by atoms with Crippen LogP contribution < -0.4 is 15.1 Å². The first-order valence-electron chi connectivity index (χ1n) is 9.88. The number of halogens is 3. The normalized spacial score (nSPS) is 19.6. The van der Waals surface area contributed by atoms with E-state index in [0.29, 0.717) is 18.9 Å². The molecule has 1 N–H and O–H groups in total. The zero-order valence-electron chi connectivity index (χ0n) is 16.6. The number of carbonyl (C=O) groups is 2.